The van der Waals surface area contributed by atoms with Crippen LogP contribution in [0.5, 0.6) is 11.5 Å². The number of para-hydroxylation sites is 2. The van der Waals surface area contributed by atoms with Gasteiger partial charge in [-0.25, -0.2) is 4.79 Å². The predicted octanol–water partition coefficient (Wildman–Crippen LogP) is 7.41. The molecule has 0 aliphatic carbocycles. The van der Waals surface area contributed by atoms with Crippen LogP contribution in [0.25, 0.3) is 0 Å². The maximum absolute atomic E-state index is 12.7. The molecule has 0 heterocycles. The Balaban J connectivity index is 1.86. The molecule has 0 saturated carbocycles. The normalized spacial score (nSPS) is 10.7. The van der Waals surface area contributed by atoms with Crippen LogP contribution in [0.3, 0.4) is 0 Å². The van der Waals surface area contributed by atoms with E-state index in [-0.39, 0.29) is 11.3 Å². The Morgan fingerprint density at radius 3 is 2.23 bits per heavy atom. The van der Waals surface area contributed by atoms with Gasteiger partial charge in [0.2, 0.25) is 0 Å². The highest BCUT2D eigenvalue weighted by molar-refractivity contribution is 5.94. The standard InChI is InChI=1S/C27H36O3/c1-3-5-6-7-8-9-10-11-12-17-22-18-13-14-21-25(22)30-27(29)24-20-15-19-23(16-4-2)26(24)28/h4,13-15,18-21,28H,2-3,5-12,16-17H2,1H3. The molecular weight excluding hydrogens is 372 g/mol. The van der Waals surface area contributed by atoms with Gasteiger partial charge in [-0.15, -0.1) is 6.58 Å². The fraction of sp³-hybridized carbons (Fsp3) is 0.444. The number of aryl methyl sites for hydroxylation is 1. The lowest BCUT2D eigenvalue weighted by atomic mass is 10.0. The summed E-state index contributed by atoms with van der Waals surface area (Å²) in [5.41, 5.74) is 1.89. The van der Waals surface area contributed by atoms with Crippen molar-refractivity contribution in [2.45, 2.75) is 77.6 Å². The summed E-state index contributed by atoms with van der Waals surface area (Å²) in [5, 5.41) is 10.4. The Labute approximate surface area is 181 Å². The lowest BCUT2D eigenvalue weighted by molar-refractivity contribution is 0.0729. The summed E-state index contributed by atoms with van der Waals surface area (Å²) in [5.74, 6) is 0.0207. The van der Waals surface area contributed by atoms with Gasteiger partial charge in [0.05, 0.1) is 0 Å². The van der Waals surface area contributed by atoms with E-state index in [4.69, 9.17) is 4.74 Å². The molecule has 0 atom stereocenters. The van der Waals surface area contributed by atoms with Gasteiger partial charge in [0.15, 0.2) is 0 Å². The number of allylic oxidation sites excluding steroid dienone is 1. The van der Waals surface area contributed by atoms with Crippen molar-refractivity contribution in [3.05, 3.63) is 71.8 Å². The minimum Gasteiger partial charge on any atom is -0.507 e. The fourth-order valence-corrected chi connectivity index (χ4v) is 3.67. The van der Waals surface area contributed by atoms with Crippen LogP contribution in [0.4, 0.5) is 0 Å². The third kappa shape index (κ3) is 7.70. The smallest absolute Gasteiger partial charge is 0.347 e. The van der Waals surface area contributed by atoms with Crippen molar-refractivity contribution in [1.82, 2.24) is 0 Å². The van der Waals surface area contributed by atoms with Gasteiger partial charge >= 0.3 is 5.97 Å². The molecule has 0 saturated heterocycles. The topological polar surface area (TPSA) is 46.5 Å². The van der Waals surface area contributed by atoms with E-state index in [2.05, 4.69) is 13.5 Å². The van der Waals surface area contributed by atoms with Gasteiger partial charge in [-0.05, 0) is 42.5 Å². The molecule has 0 spiro atoms. The molecule has 0 amide bonds. The first-order valence-corrected chi connectivity index (χ1v) is 11.4. The first-order valence-electron chi connectivity index (χ1n) is 11.4. The van der Waals surface area contributed by atoms with Crippen molar-refractivity contribution in [3.8, 4) is 11.5 Å². The number of phenols is 1. The summed E-state index contributed by atoms with van der Waals surface area (Å²) < 4.78 is 5.65. The second-order valence-corrected chi connectivity index (χ2v) is 7.88. The Kier molecular flexibility index (Phi) is 10.8. The molecule has 0 unspecified atom stereocenters. The Morgan fingerprint density at radius 2 is 1.53 bits per heavy atom. The zero-order valence-corrected chi connectivity index (χ0v) is 18.4. The minimum atomic E-state index is -0.530. The summed E-state index contributed by atoms with van der Waals surface area (Å²) in [4.78, 5) is 12.7. The molecule has 3 heteroatoms. The molecule has 2 aromatic carbocycles. The molecule has 0 aliphatic rings. The summed E-state index contributed by atoms with van der Waals surface area (Å²) in [6, 6.07) is 12.8. The summed E-state index contributed by atoms with van der Waals surface area (Å²) in [6.07, 6.45) is 14.6. The highest BCUT2D eigenvalue weighted by Crippen LogP contribution is 2.27. The number of unbranched alkanes of at least 4 members (excludes halogenated alkanes) is 8. The van der Waals surface area contributed by atoms with Crippen molar-refractivity contribution in [2.75, 3.05) is 0 Å². The van der Waals surface area contributed by atoms with E-state index in [9.17, 15) is 9.90 Å². The van der Waals surface area contributed by atoms with Gasteiger partial charge in [0.1, 0.15) is 17.1 Å². The zero-order valence-electron chi connectivity index (χ0n) is 18.4. The Bertz CT molecular complexity index is 794. The van der Waals surface area contributed by atoms with Gasteiger partial charge in [0.25, 0.3) is 0 Å². The number of ether oxygens (including phenoxy) is 1. The molecular formula is C27H36O3. The zero-order chi connectivity index (χ0) is 21.6. The maximum Gasteiger partial charge on any atom is 0.347 e. The van der Waals surface area contributed by atoms with Crippen molar-refractivity contribution >= 4 is 5.97 Å². The third-order valence-electron chi connectivity index (χ3n) is 5.43. The van der Waals surface area contributed by atoms with Crippen LogP contribution in [0.1, 0.15) is 86.2 Å². The van der Waals surface area contributed by atoms with E-state index in [0.29, 0.717) is 17.7 Å². The molecule has 0 bridgehead atoms. The maximum atomic E-state index is 12.7. The van der Waals surface area contributed by atoms with E-state index in [0.717, 1.165) is 18.4 Å². The van der Waals surface area contributed by atoms with Gasteiger partial charge < -0.3 is 9.84 Å². The number of carbonyl (C=O) groups excluding carboxylic acids is 1. The summed E-state index contributed by atoms with van der Waals surface area (Å²) in [7, 11) is 0. The van der Waals surface area contributed by atoms with Crippen LogP contribution in [0, 0.1) is 0 Å². The van der Waals surface area contributed by atoms with E-state index < -0.39 is 5.97 Å². The number of rotatable bonds is 14. The number of benzene rings is 2. The first-order chi connectivity index (χ1) is 14.7. The molecule has 30 heavy (non-hydrogen) atoms. The number of carbonyl (C=O) groups is 1. The number of esters is 1. The van der Waals surface area contributed by atoms with E-state index in [1.54, 1.807) is 24.3 Å². The van der Waals surface area contributed by atoms with Gasteiger partial charge in [0, 0.05) is 0 Å². The molecule has 2 rings (SSSR count). The van der Waals surface area contributed by atoms with Crippen LogP contribution in [-0.2, 0) is 12.8 Å². The molecule has 2 aromatic rings. The SMILES string of the molecule is C=CCc1cccc(C(=O)Oc2ccccc2CCCCCCCCCCC)c1O. The largest absolute Gasteiger partial charge is 0.507 e. The van der Waals surface area contributed by atoms with Crippen molar-refractivity contribution in [3.63, 3.8) is 0 Å². The highest BCUT2D eigenvalue weighted by atomic mass is 16.5. The fourth-order valence-electron chi connectivity index (χ4n) is 3.67. The van der Waals surface area contributed by atoms with Crippen LogP contribution in [0.2, 0.25) is 0 Å². The average molecular weight is 409 g/mol. The molecule has 162 valence electrons. The minimum absolute atomic E-state index is 0.0289. The lowest BCUT2D eigenvalue weighted by Gasteiger charge is -2.12. The lowest BCUT2D eigenvalue weighted by Crippen LogP contribution is -2.11. The summed E-state index contributed by atoms with van der Waals surface area (Å²) in [6.45, 7) is 5.94. The first kappa shape index (κ1) is 23.7. The molecule has 0 fully saturated rings. The monoisotopic (exact) mass is 408 g/mol. The molecule has 0 aliphatic heterocycles. The number of phenolic OH excluding ortho intramolecular Hbond substituents is 1. The second-order valence-electron chi connectivity index (χ2n) is 7.88. The van der Waals surface area contributed by atoms with Crippen LogP contribution in [-0.4, -0.2) is 11.1 Å². The third-order valence-corrected chi connectivity index (χ3v) is 5.43. The van der Waals surface area contributed by atoms with E-state index in [1.165, 1.54) is 51.4 Å². The van der Waals surface area contributed by atoms with Gasteiger partial charge in [-0.1, -0.05) is 94.7 Å². The van der Waals surface area contributed by atoms with Crippen LogP contribution >= 0.6 is 0 Å². The molecule has 1 N–H and O–H groups in total. The number of hydrogen-bond donors (Lipinski definition) is 1. The Morgan fingerprint density at radius 1 is 0.900 bits per heavy atom. The van der Waals surface area contributed by atoms with E-state index >= 15 is 0 Å². The van der Waals surface area contributed by atoms with E-state index in [1.807, 2.05) is 24.3 Å². The molecule has 0 aromatic heterocycles. The van der Waals surface area contributed by atoms with Crippen LogP contribution < -0.4 is 4.74 Å². The number of hydrogen-bond acceptors (Lipinski definition) is 3. The molecule has 3 nitrogen and oxygen atoms in total. The highest BCUT2D eigenvalue weighted by Gasteiger charge is 2.17. The van der Waals surface area contributed by atoms with Gasteiger partial charge in [-0.2, -0.15) is 0 Å². The van der Waals surface area contributed by atoms with Crippen LogP contribution in [0.15, 0.2) is 55.1 Å². The van der Waals surface area contributed by atoms with Crippen molar-refractivity contribution < 1.29 is 14.6 Å². The van der Waals surface area contributed by atoms with Gasteiger partial charge in [-0.3, -0.25) is 0 Å². The van der Waals surface area contributed by atoms with Crippen molar-refractivity contribution in [2.24, 2.45) is 0 Å². The average Bonchev–Trinajstić information content (AvgIpc) is 2.75. The molecule has 0 radical (unpaired) electrons. The predicted molar refractivity (Wildman–Crippen MR) is 124 cm³/mol. The second kappa shape index (κ2) is 13.6. The summed E-state index contributed by atoms with van der Waals surface area (Å²) >= 11 is 0. The number of aromatic hydroxyl groups is 1. The quantitative estimate of drug-likeness (QED) is 0.153. The Hall–Kier alpha value is -2.55. The van der Waals surface area contributed by atoms with Crippen molar-refractivity contribution in [1.29, 1.82) is 0 Å².